The molecule has 0 unspecified atom stereocenters. The Morgan fingerprint density at radius 1 is 1.00 bits per heavy atom. The van der Waals surface area contributed by atoms with Gasteiger partial charge in [0.15, 0.2) is 0 Å². The summed E-state index contributed by atoms with van der Waals surface area (Å²) in [5, 5.41) is 1.29. The van der Waals surface area contributed by atoms with E-state index in [0.717, 1.165) is 16.8 Å². The number of benzene rings is 2. The van der Waals surface area contributed by atoms with E-state index in [-0.39, 0.29) is 0 Å². The van der Waals surface area contributed by atoms with Crippen LogP contribution in [0.25, 0.3) is 33.4 Å². The smallest absolute Gasteiger partial charge is 0.258 e. The number of hydrogen-bond acceptors (Lipinski definition) is 1. The van der Waals surface area contributed by atoms with Gasteiger partial charge in [-0.2, -0.15) is 9.38 Å². The lowest BCUT2D eigenvalue weighted by atomic mass is 10.0. The molecule has 3 aromatic heterocycles. The molecule has 0 aliphatic carbocycles. The zero-order valence-electron chi connectivity index (χ0n) is 13.4. The van der Waals surface area contributed by atoms with Crippen molar-refractivity contribution in [2.45, 2.75) is 13.8 Å². The fourth-order valence-electron chi connectivity index (χ4n) is 3.62. The lowest BCUT2D eigenvalue weighted by molar-refractivity contribution is -0.643. The number of imidazole rings is 2. The molecule has 23 heavy (non-hydrogen) atoms. The molecule has 0 N–H and O–H groups in total. The predicted molar refractivity (Wildman–Crippen MR) is 91.8 cm³/mol. The van der Waals surface area contributed by atoms with Gasteiger partial charge in [-0.25, -0.2) is 4.57 Å². The summed E-state index contributed by atoms with van der Waals surface area (Å²) in [5.74, 6) is 0.956. The molecule has 3 heterocycles. The summed E-state index contributed by atoms with van der Waals surface area (Å²) in [6, 6.07) is 12.7. The fraction of sp³-hybridized carbons (Fsp3) is 0.158. The Hall–Kier alpha value is -2.88. The average molecular weight is 301 g/mol. The molecular weight excluding hydrogens is 284 g/mol. The van der Waals surface area contributed by atoms with Crippen molar-refractivity contribution in [1.29, 1.82) is 0 Å². The van der Waals surface area contributed by atoms with E-state index in [0.29, 0.717) is 0 Å². The van der Waals surface area contributed by atoms with Crippen LogP contribution < -0.4 is 4.57 Å². The number of rotatable bonds is 0. The van der Waals surface area contributed by atoms with Crippen LogP contribution in [0.3, 0.4) is 0 Å². The summed E-state index contributed by atoms with van der Waals surface area (Å²) in [5.41, 5.74) is 7.19. The highest BCUT2D eigenvalue weighted by Gasteiger charge is 2.22. The summed E-state index contributed by atoms with van der Waals surface area (Å²) in [4.78, 5) is 4.87. The first-order valence-corrected chi connectivity index (χ1v) is 7.82. The van der Waals surface area contributed by atoms with E-state index < -0.39 is 0 Å². The second-order valence-corrected chi connectivity index (χ2v) is 6.24. The van der Waals surface area contributed by atoms with Gasteiger partial charge < -0.3 is 0 Å². The molecule has 4 heteroatoms. The van der Waals surface area contributed by atoms with Gasteiger partial charge in [-0.1, -0.05) is 18.2 Å². The molecule has 0 saturated carbocycles. The summed E-state index contributed by atoms with van der Waals surface area (Å²) < 4.78 is 6.63. The number of aromatic nitrogens is 4. The van der Waals surface area contributed by atoms with Crippen LogP contribution in [0.1, 0.15) is 11.1 Å². The van der Waals surface area contributed by atoms with Crippen molar-refractivity contribution in [3.8, 4) is 0 Å². The standard InChI is InChI=1S/C19H17N4/c1-12-8-9-16-17(13(12)2)18-21(3)10-11-22(18)19-20-14-6-4-5-7-15(14)23(16)19/h4-11H,1-3H3/q+1. The molecule has 0 spiro atoms. The second-order valence-electron chi connectivity index (χ2n) is 6.24. The quantitative estimate of drug-likeness (QED) is 0.403. The lowest BCUT2D eigenvalue weighted by Crippen LogP contribution is -2.26. The number of hydrogen-bond donors (Lipinski definition) is 0. The molecule has 0 bridgehead atoms. The monoisotopic (exact) mass is 301 g/mol. The van der Waals surface area contributed by atoms with E-state index in [2.05, 4.69) is 77.0 Å². The largest absolute Gasteiger partial charge is 0.312 e. The Kier molecular flexibility index (Phi) is 2.25. The van der Waals surface area contributed by atoms with Gasteiger partial charge in [0.2, 0.25) is 0 Å². The number of fused-ring (bicyclic) bond motifs is 8. The molecular formula is C19H17N4+. The van der Waals surface area contributed by atoms with Crippen LogP contribution in [-0.2, 0) is 7.05 Å². The van der Waals surface area contributed by atoms with E-state index in [9.17, 15) is 0 Å². The Balaban J connectivity index is 2.25. The highest BCUT2D eigenvalue weighted by atomic mass is 15.2. The van der Waals surface area contributed by atoms with E-state index in [1.54, 1.807) is 0 Å². The van der Waals surface area contributed by atoms with E-state index in [1.807, 2.05) is 6.07 Å². The first-order chi connectivity index (χ1) is 11.2. The fourth-order valence-corrected chi connectivity index (χ4v) is 3.62. The summed E-state index contributed by atoms with van der Waals surface area (Å²) in [7, 11) is 2.09. The first kappa shape index (κ1) is 12.6. The maximum atomic E-state index is 4.87. The molecule has 4 nitrogen and oxygen atoms in total. The topological polar surface area (TPSA) is 25.6 Å². The zero-order valence-corrected chi connectivity index (χ0v) is 13.4. The van der Waals surface area contributed by atoms with E-state index in [4.69, 9.17) is 4.98 Å². The molecule has 0 amide bonds. The van der Waals surface area contributed by atoms with E-state index in [1.165, 1.54) is 27.7 Å². The van der Waals surface area contributed by atoms with E-state index >= 15 is 0 Å². The van der Waals surface area contributed by atoms with Gasteiger partial charge in [-0.15, -0.1) is 0 Å². The van der Waals surface area contributed by atoms with Crippen molar-refractivity contribution in [3.05, 3.63) is 59.9 Å². The summed E-state index contributed by atoms with van der Waals surface area (Å²) >= 11 is 0. The van der Waals surface area contributed by atoms with Gasteiger partial charge >= 0.3 is 5.78 Å². The lowest BCUT2D eigenvalue weighted by Gasteiger charge is -2.08. The third kappa shape index (κ3) is 1.45. The Morgan fingerprint density at radius 3 is 2.70 bits per heavy atom. The Morgan fingerprint density at radius 2 is 1.83 bits per heavy atom. The van der Waals surface area contributed by atoms with Gasteiger partial charge in [0.25, 0.3) is 5.65 Å². The molecule has 5 rings (SSSR count). The predicted octanol–water partition coefficient (Wildman–Crippen LogP) is 3.33. The highest BCUT2D eigenvalue weighted by Crippen LogP contribution is 2.29. The van der Waals surface area contributed by atoms with Crippen molar-refractivity contribution < 1.29 is 4.57 Å². The SMILES string of the molecule is Cc1ccc2c(c1C)c1n(cc[n+]1C)c1nc3ccccc3n21. The van der Waals surface area contributed by atoms with Crippen LogP contribution in [0.4, 0.5) is 0 Å². The van der Waals surface area contributed by atoms with Crippen molar-refractivity contribution in [2.24, 2.45) is 7.05 Å². The van der Waals surface area contributed by atoms with Crippen LogP contribution in [0, 0.1) is 13.8 Å². The number of aryl methyl sites for hydroxylation is 3. The van der Waals surface area contributed by atoms with Crippen LogP contribution in [0.5, 0.6) is 0 Å². The van der Waals surface area contributed by atoms with Crippen LogP contribution in [-0.4, -0.2) is 13.8 Å². The molecule has 2 aromatic carbocycles. The molecule has 5 aromatic rings. The minimum atomic E-state index is 0.956. The number of para-hydroxylation sites is 2. The Bertz CT molecular complexity index is 1240. The normalized spacial score (nSPS) is 12.1. The molecule has 0 fully saturated rings. The van der Waals surface area contributed by atoms with Crippen LogP contribution >= 0.6 is 0 Å². The zero-order chi connectivity index (χ0) is 15.7. The van der Waals surface area contributed by atoms with Gasteiger partial charge in [-0.05, 0) is 43.2 Å². The first-order valence-electron chi connectivity index (χ1n) is 7.82. The van der Waals surface area contributed by atoms with Crippen LogP contribution in [0.2, 0.25) is 0 Å². The molecule has 0 atom stereocenters. The maximum Gasteiger partial charge on any atom is 0.312 e. The molecule has 0 aliphatic heterocycles. The molecule has 0 saturated heterocycles. The number of nitrogens with zero attached hydrogens (tertiary/aromatic N) is 4. The minimum absolute atomic E-state index is 0.956. The van der Waals surface area contributed by atoms with Crippen molar-refractivity contribution in [2.75, 3.05) is 0 Å². The third-order valence-electron chi connectivity index (χ3n) is 4.94. The van der Waals surface area contributed by atoms with Gasteiger partial charge in [0.05, 0.1) is 29.0 Å². The van der Waals surface area contributed by atoms with Crippen molar-refractivity contribution in [3.63, 3.8) is 0 Å². The Labute approximate surface area is 133 Å². The molecule has 112 valence electrons. The molecule has 0 aliphatic rings. The second kappa shape index (κ2) is 4.10. The van der Waals surface area contributed by atoms with Gasteiger partial charge in [0, 0.05) is 0 Å². The van der Waals surface area contributed by atoms with Crippen LogP contribution in [0.15, 0.2) is 48.8 Å². The minimum Gasteiger partial charge on any atom is -0.258 e. The van der Waals surface area contributed by atoms with Gasteiger partial charge in [0.1, 0.15) is 12.4 Å². The maximum absolute atomic E-state index is 4.87. The van der Waals surface area contributed by atoms with Gasteiger partial charge in [-0.3, -0.25) is 4.40 Å². The van der Waals surface area contributed by atoms with Crippen molar-refractivity contribution in [1.82, 2.24) is 13.8 Å². The van der Waals surface area contributed by atoms with Crippen molar-refractivity contribution >= 4 is 33.4 Å². The summed E-state index contributed by atoms with van der Waals surface area (Å²) in [6.07, 6.45) is 4.19. The molecule has 0 radical (unpaired) electrons. The average Bonchev–Trinajstić information content (AvgIpc) is 3.12. The third-order valence-corrected chi connectivity index (χ3v) is 4.94. The summed E-state index contributed by atoms with van der Waals surface area (Å²) in [6.45, 7) is 4.38. The highest BCUT2D eigenvalue weighted by molar-refractivity contribution is 5.98.